The van der Waals surface area contributed by atoms with Crippen molar-refractivity contribution >= 4 is 5.91 Å². The molecule has 3 aliphatic rings. The molecule has 12 N–H and O–H groups in total. The maximum absolute atomic E-state index is 13.5. The molecule has 0 aliphatic carbocycles. The highest BCUT2D eigenvalue weighted by molar-refractivity contribution is 5.76. The van der Waals surface area contributed by atoms with Gasteiger partial charge in [0, 0.05) is 6.42 Å². The minimum Gasteiger partial charge on any atom is -0.394 e. The number of rotatable bonds is 66. The molecular formula is C87H151NO18. The molecule has 0 aromatic heterocycles. The zero-order valence-electron chi connectivity index (χ0n) is 65.6. The molecule has 3 heterocycles. The molecule has 3 rings (SSSR count). The molecule has 0 spiro atoms. The van der Waals surface area contributed by atoms with Crippen molar-refractivity contribution in [3.8, 4) is 0 Å². The van der Waals surface area contributed by atoms with E-state index in [4.69, 9.17) is 28.4 Å². The summed E-state index contributed by atoms with van der Waals surface area (Å²) in [4.78, 5) is 13.5. The first-order chi connectivity index (χ1) is 51.8. The fourth-order valence-electron chi connectivity index (χ4n) is 13.6. The van der Waals surface area contributed by atoms with Crippen molar-refractivity contribution in [3.63, 3.8) is 0 Å². The molecule has 612 valence electrons. The highest BCUT2D eigenvalue weighted by Crippen LogP contribution is 2.33. The average Bonchev–Trinajstić information content (AvgIpc) is 0.780. The van der Waals surface area contributed by atoms with Gasteiger partial charge >= 0.3 is 0 Å². The summed E-state index contributed by atoms with van der Waals surface area (Å²) in [5.41, 5.74) is 0. The van der Waals surface area contributed by atoms with Gasteiger partial charge in [-0.05, 0) is 96.3 Å². The van der Waals surface area contributed by atoms with E-state index in [9.17, 15) is 61.0 Å². The summed E-state index contributed by atoms with van der Waals surface area (Å²) in [7, 11) is 0. The molecule has 3 aliphatic heterocycles. The van der Waals surface area contributed by atoms with Crippen molar-refractivity contribution in [1.29, 1.82) is 0 Å². The van der Waals surface area contributed by atoms with Crippen LogP contribution >= 0.6 is 0 Å². The molecule has 0 aromatic carbocycles. The number of aliphatic hydroxyl groups excluding tert-OH is 11. The van der Waals surface area contributed by atoms with Gasteiger partial charge in [-0.15, -0.1) is 0 Å². The number of nitrogens with one attached hydrogen (secondary N) is 1. The number of hydrogen-bond donors (Lipinski definition) is 12. The third kappa shape index (κ3) is 45.1. The van der Waals surface area contributed by atoms with E-state index in [-0.39, 0.29) is 18.9 Å². The van der Waals surface area contributed by atoms with Crippen molar-refractivity contribution in [2.45, 2.75) is 407 Å². The van der Waals surface area contributed by atoms with Gasteiger partial charge in [0.2, 0.25) is 5.91 Å². The zero-order valence-corrected chi connectivity index (χ0v) is 65.6. The van der Waals surface area contributed by atoms with Crippen LogP contribution in [0.3, 0.4) is 0 Å². The Hall–Kier alpha value is -3.55. The summed E-state index contributed by atoms with van der Waals surface area (Å²) in [6.07, 6.45) is 65.2. The van der Waals surface area contributed by atoms with Crippen LogP contribution in [0.2, 0.25) is 0 Å². The second kappa shape index (κ2) is 66.1. The van der Waals surface area contributed by atoms with Crippen LogP contribution in [0.5, 0.6) is 0 Å². The highest BCUT2D eigenvalue weighted by Gasteiger charge is 2.54. The van der Waals surface area contributed by atoms with Crippen molar-refractivity contribution in [2.24, 2.45) is 0 Å². The first kappa shape index (κ1) is 96.6. The number of allylic oxidation sites excluding steroid dienone is 17. The van der Waals surface area contributed by atoms with Gasteiger partial charge in [0.15, 0.2) is 18.9 Å². The fraction of sp³-hybridized carbons (Fsp3) is 0.782. The van der Waals surface area contributed by atoms with Crippen LogP contribution in [0, 0.1) is 0 Å². The Bertz CT molecular complexity index is 2340. The van der Waals surface area contributed by atoms with Crippen molar-refractivity contribution in [3.05, 3.63) is 109 Å². The molecule has 0 bridgehead atoms. The molecule has 17 unspecified atom stereocenters. The van der Waals surface area contributed by atoms with E-state index in [0.717, 1.165) is 83.5 Å². The topological polar surface area (TPSA) is 307 Å². The maximum atomic E-state index is 13.5. The Kier molecular flexibility index (Phi) is 60.3. The molecule has 0 aromatic rings. The first-order valence-corrected chi connectivity index (χ1v) is 42.1. The number of unbranched alkanes of at least 4 members (excludes halogenated alkanes) is 34. The molecule has 1 amide bonds. The Morgan fingerprint density at radius 2 is 0.660 bits per heavy atom. The Labute approximate surface area is 640 Å². The summed E-state index contributed by atoms with van der Waals surface area (Å²) >= 11 is 0. The predicted octanol–water partition coefficient (Wildman–Crippen LogP) is 14.9. The molecule has 3 saturated heterocycles. The lowest BCUT2D eigenvalue weighted by Crippen LogP contribution is -2.66. The highest BCUT2D eigenvalue weighted by atomic mass is 16.8. The van der Waals surface area contributed by atoms with E-state index >= 15 is 0 Å². The number of amides is 1. The normalized spacial score (nSPS) is 26.2. The van der Waals surface area contributed by atoms with Crippen LogP contribution in [0.1, 0.15) is 303 Å². The maximum Gasteiger partial charge on any atom is 0.220 e. The Balaban J connectivity index is 1.33. The average molecular weight is 1500 g/mol. The quantitative estimate of drug-likeness (QED) is 0.0199. The van der Waals surface area contributed by atoms with Crippen LogP contribution < -0.4 is 5.32 Å². The van der Waals surface area contributed by atoms with Gasteiger partial charge in [0.05, 0.1) is 38.6 Å². The number of carbonyl (C=O) groups excluding carboxylic acids is 1. The van der Waals surface area contributed by atoms with E-state index in [1.165, 1.54) is 186 Å². The van der Waals surface area contributed by atoms with Crippen molar-refractivity contribution in [1.82, 2.24) is 5.32 Å². The third-order valence-electron chi connectivity index (χ3n) is 20.3. The lowest BCUT2D eigenvalue weighted by Gasteiger charge is -2.48. The minimum absolute atomic E-state index is 0.230. The van der Waals surface area contributed by atoms with Gasteiger partial charge in [-0.3, -0.25) is 4.79 Å². The van der Waals surface area contributed by atoms with Gasteiger partial charge in [0.25, 0.3) is 0 Å². The zero-order chi connectivity index (χ0) is 76.7. The lowest BCUT2D eigenvalue weighted by molar-refractivity contribution is -0.379. The Morgan fingerprint density at radius 3 is 1.06 bits per heavy atom. The monoisotopic (exact) mass is 1500 g/mol. The van der Waals surface area contributed by atoms with E-state index in [0.29, 0.717) is 12.8 Å². The van der Waals surface area contributed by atoms with Gasteiger partial charge < -0.3 is 89.9 Å². The van der Waals surface area contributed by atoms with Crippen molar-refractivity contribution in [2.75, 3.05) is 26.4 Å². The summed E-state index contributed by atoms with van der Waals surface area (Å²) in [6.45, 7) is 1.62. The predicted molar refractivity (Wildman–Crippen MR) is 424 cm³/mol. The van der Waals surface area contributed by atoms with E-state index in [1.807, 2.05) is 6.08 Å². The summed E-state index contributed by atoms with van der Waals surface area (Å²) in [6, 6.07) is -1.00. The summed E-state index contributed by atoms with van der Waals surface area (Å²) in [5, 5.41) is 121. The summed E-state index contributed by atoms with van der Waals surface area (Å²) in [5.74, 6) is -0.288. The summed E-state index contributed by atoms with van der Waals surface area (Å²) < 4.78 is 34.4. The minimum atomic E-state index is -1.99. The van der Waals surface area contributed by atoms with Crippen LogP contribution in [0.25, 0.3) is 0 Å². The SMILES string of the molecule is CC/C=C\C/C=C\C/C=C\C/C=C\C/C=C\C/C=C\CCCCCCCCCCCCCCCCCCCCCCC(=O)NC(COC1OC(CO)C(OC2OC(CO)C(OC3OC(CO)C(O)C(O)C3O)C(O)C2O)C(O)C1O)C(O)/C=C/CC/C=C/CC/C=C/CCCCCCCCCCCCCC. The number of hydrogen-bond acceptors (Lipinski definition) is 18. The van der Waals surface area contributed by atoms with Crippen molar-refractivity contribution < 1.29 is 89.4 Å². The first-order valence-electron chi connectivity index (χ1n) is 42.1. The largest absolute Gasteiger partial charge is 0.394 e. The molecule has 0 saturated carbocycles. The van der Waals surface area contributed by atoms with Crippen LogP contribution in [-0.4, -0.2) is 193 Å². The molecule has 0 radical (unpaired) electrons. The van der Waals surface area contributed by atoms with Gasteiger partial charge in [-0.1, -0.05) is 309 Å². The van der Waals surface area contributed by atoms with Crippen LogP contribution in [0.15, 0.2) is 109 Å². The van der Waals surface area contributed by atoms with Gasteiger partial charge in [0.1, 0.15) is 73.2 Å². The van der Waals surface area contributed by atoms with Crippen LogP contribution in [-0.2, 0) is 33.2 Å². The molecule has 19 nitrogen and oxygen atoms in total. The molecule has 106 heavy (non-hydrogen) atoms. The standard InChI is InChI=1S/C87H151NO18/c1-3-5-7-9-11-13-15-17-19-21-23-25-27-28-29-30-31-32-33-34-35-36-37-38-39-40-41-42-43-45-47-49-51-53-55-57-59-61-63-65-75(93)88-70(71(92)64-62-60-58-56-54-52-50-48-46-44-26-24-22-20-18-16-14-12-10-8-6-4-2)69-101-85-81(99)78(96)83(73(67-90)103-85)106-87-82(100)79(97)84(74(68-91)104-87)105-86-80(98)77(95)76(94)72(66-89)102-86/h5,7,11,13,17,19,23,25,28-29,31-32,46,48,54,56,62,64,70-74,76-87,89-92,94-100H,3-4,6,8-10,12,14-16,18,20-22,24,26-27,30,33-45,47,49-53,55,57-61,63,65-69H2,1-2H3,(H,88,93)/b7-5-,13-11-,19-17-,25-23-,29-28-,32-31-,48-46+,56-54+,64-62+. The second-order valence-electron chi connectivity index (χ2n) is 29.5. The van der Waals surface area contributed by atoms with E-state index in [2.05, 4.69) is 116 Å². The second-order valence-corrected chi connectivity index (χ2v) is 29.5. The van der Waals surface area contributed by atoms with Gasteiger partial charge in [-0.25, -0.2) is 0 Å². The Morgan fingerprint density at radius 1 is 0.349 bits per heavy atom. The van der Waals surface area contributed by atoms with Crippen LogP contribution in [0.4, 0.5) is 0 Å². The third-order valence-corrected chi connectivity index (χ3v) is 20.3. The number of ether oxygens (including phenoxy) is 6. The number of aliphatic hydroxyl groups is 11. The molecular weight excluding hydrogens is 1350 g/mol. The smallest absolute Gasteiger partial charge is 0.220 e. The molecule has 17 atom stereocenters. The lowest BCUT2D eigenvalue weighted by atomic mass is 9.96. The van der Waals surface area contributed by atoms with E-state index < -0.39 is 124 Å². The van der Waals surface area contributed by atoms with Gasteiger partial charge in [-0.2, -0.15) is 0 Å². The molecule has 3 fully saturated rings. The molecule has 19 heteroatoms. The fourth-order valence-corrected chi connectivity index (χ4v) is 13.6. The number of carbonyl (C=O) groups is 1. The van der Waals surface area contributed by atoms with E-state index in [1.54, 1.807) is 6.08 Å².